The molecule has 0 spiro atoms. The molecule has 3 aromatic rings. The van der Waals surface area contributed by atoms with Gasteiger partial charge in [0.25, 0.3) is 5.13 Å². The van der Waals surface area contributed by atoms with Crippen molar-refractivity contribution in [2.45, 2.75) is 26.4 Å². The lowest BCUT2D eigenvalue weighted by atomic mass is 10.2. The highest BCUT2D eigenvalue weighted by molar-refractivity contribution is 7.14. The first-order chi connectivity index (χ1) is 14.2. The van der Waals surface area contributed by atoms with Crippen molar-refractivity contribution in [3.05, 3.63) is 52.5 Å². The largest absolute Gasteiger partial charge is 0.395 e. The number of aryl methyl sites for hydroxylation is 2. The van der Waals surface area contributed by atoms with Crippen molar-refractivity contribution in [1.82, 2.24) is 10.2 Å². The second-order valence-electron chi connectivity index (χ2n) is 6.27. The van der Waals surface area contributed by atoms with Gasteiger partial charge in [0, 0.05) is 0 Å². The molecule has 0 aliphatic heterocycles. The number of benzene rings is 2. The van der Waals surface area contributed by atoms with Crippen molar-refractivity contribution < 1.29 is 13.2 Å². The fourth-order valence-corrected chi connectivity index (χ4v) is 3.09. The highest BCUT2D eigenvalue weighted by Crippen LogP contribution is 2.31. The van der Waals surface area contributed by atoms with Crippen LogP contribution in [0.3, 0.4) is 0 Å². The Morgan fingerprint density at radius 3 is 2.07 bits per heavy atom. The molecular formula is C19H16F3N7S. The van der Waals surface area contributed by atoms with Gasteiger partial charge in [0.1, 0.15) is 5.01 Å². The summed E-state index contributed by atoms with van der Waals surface area (Å²) < 4.78 is 37.1. The van der Waals surface area contributed by atoms with Crippen LogP contribution < -0.4 is 0 Å². The maximum Gasteiger partial charge on any atom is 0.395 e. The second-order valence-corrected chi connectivity index (χ2v) is 7.31. The van der Waals surface area contributed by atoms with Crippen molar-refractivity contribution in [3.63, 3.8) is 0 Å². The van der Waals surface area contributed by atoms with E-state index in [1.54, 1.807) is 24.3 Å². The van der Waals surface area contributed by atoms with Crippen LogP contribution in [0.15, 0.2) is 61.8 Å². The minimum Gasteiger partial charge on any atom is -0.265 e. The van der Waals surface area contributed by atoms with Gasteiger partial charge >= 0.3 is 6.18 Å². The number of hydrogen-bond acceptors (Lipinski definition) is 8. The van der Waals surface area contributed by atoms with Gasteiger partial charge in [0.05, 0.1) is 29.2 Å². The Balaban J connectivity index is 1.71. The highest BCUT2D eigenvalue weighted by atomic mass is 32.1. The summed E-state index contributed by atoms with van der Waals surface area (Å²) in [5, 5.41) is 23.4. The number of alkyl halides is 3. The monoisotopic (exact) mass is 431 g/mol. The predicted octanol–water partition coefficient (Wildman–Crippen LogP) is 7.42. The number of nitrogens with zero attached hydrogens (tertiary/aromatic N) is 7. The first-order valence-electron chi connectivity index (χ1n) is 8.64. The number of hydrogen-bond donors (Lipinski definition) is 0. The molecule has 0 radical (unpaired) electrons. The summed E-state index contributed by atoms with van der Waals surface area (Å²) in [5.41, 5.74) is 4.35. The Morgan fingerprint density at radius 2 is 1.47 bits per heavy atom. The topological polar surface area (TPSA) is 87.6 Å². The zero-order chi connectivity index (χ0) is 21.7. The van der Waals surface area contributed by atoms with Crippen molar-refractivity contribution in [1.29, 1.82) is 0 Å². The standard InChI is InChI=1S/C19H16F3N7S/c1-11-8-13(23-3)4-6-15(11)25-24-14-5-7-16(12(2)9-14)26-28-18-29-27-17(30-18)10-19(20,21)22/h4-9H,3,10H2,1-2H3. The van der Waals surface area contributed by atoms with Crippen molar-refractivity contribution in [2.75, 3.05) is 0 Å². The summed E-state index contributed by atoms with van der Waals surface area (Å²) in [6.45, 7) is 7.22. The quantitative estimate of drug-likeness (QED) is 0.300. The molecular weight excluding hydrogens is 415 g/mol. The van der Waals surface area contributed by atoms with E-state index in [1.165, 1.54) is 0 Å². The average molecular weight is 431 g/mol. The van der Waals surface area contributed by atoms with Gasteiger partial charge in [-0.3, -0.25) is 4.99 Å². The maximum absolute atomic E-state index is 12.4. The van der Waals surface area contributed by atoms with Crippen LogP contribution in [0.1, 0.15) is 16.1 Å². The lowest BCUT2D eigenvalue weighted by Gasteiger charge is -2.02. The number of aliphatic imine (C=N–C) groups is 1. The molecule has 0 aliphatic carbocycles. The molecule has 2 aromatic carbocycles. The second kappa shape index (κ2) is 8.99. The van der Waals surface area contributed by atoms with Crippen LogP contribution in [0.4, 0.5) is 41.1 Å². The molecule has 1 aromatic heterocycles. The van der Waals surface area contributed by atoms with E-state index in [0.29, 0.717) is 11.4 Å². The third-order valence-electron chi connectivity index (χ3n) is 3.87. The molecule has 0 aliphatic rings. The van der Waals surface area contributed by atoms with E-state index in [4.69, 9.17) is 0 Å². The van der Waals surface area contributed by atoms with Crippen LogP contribution in [-0.4, -0.2) is 23.1 Å². The first-order valence-corrected chi connectivity index (χ1v) is 9.46. The van der Waals surface area contributed by atoms with Gasteiger partial charge in [-0.2, -0.15) is 23.4 Å². The Kier molecular flexibility index (Phi) is 6.40. The summed E-state index contributed by atoms with van der Waals surface area (Å²) in [4.78, 5) is 3.87. The maximum atomic E-state index is 12.4. The molecule has 0 unspecified atom stereocenters. The smallest absolute Gasteiger partial charge is 0.265 e. The van der Waals surface area contributed by atoms with E-state index < -0.39 is 12.6 Å². The molecule has 11 heteroatoms. The molecule has 3 rings (SSSR count). The highest BCUT2D eigenvalue weighted by Gasteiger charge is 2.29. The van der Waals surface area contributed by atoms with Crippen LogP contribution >= 0.6 is 11.3 Å². The third-order valence-corrected chi connectivity index (χ3v) is 4.68. The van der Waals surface area contributed by atoms with E-state index in [1.807, 2.05) is 26.0 Å². The lowest BCUT2D eigenvalue weighted by molar-refractivity contribution is -0.127. The number of aromatic nitrogens is 2. The van der Waals surface area contributed by atoms with Crippen LogP contribution in [0, 0.1) is 13.8 Å². The van der Waals surface area contributed by atoms with E-state index in [9.17, 15) is 13.2 Å². The molecule has 0 saturated heterocycles. The minimum absolute atomic E-state index is 0.0605. The predicted molar refractivity (Wildman–Crippen MR) is 110 cm³/mol. The Hall–Kier alpha value is -3.34. The number of azo groups is 2. The fraction of sp³-hybridized carbons (Fsp3) is 0.211. The molecule has 0 N–H and O–H groups in total. The van der Waals surface area contributed by atoms with Gasteiger partial charge in [0.15, 0.2) is 0 Å². The molecule has 7 nitrogen and oxygen atoms in total. The summed E-state index contributed by atoms with van der Waals surface area (Å²) in [5.74, 6) is 0. The van der Waals surface area contributed by atoms with Crippen LogP contribution in [-0.2, 0) is 6.42 Å². The van der Waals surface area contributed by atoms with E-state index in [0.717, 1.165) is 33.8 Å². The van der Waals surface area contributed by atoms with Gasteiger partial charge in [-0.15, -0.1) is 20.4 Å². The summed E-state index contributed by atoms with van der Waals surface area (Å²) in [6, 6.07) is 10.7. The molecule has 0 bridgehead atoms. The number of halogens is 3. The van der Waals surface area contributed by atoms with Gasteiger partial charge < -0.3 is 0 Å². The first kappa shape index (κ1) is 21.4. The normalized spacial score (nSPS) is 12.2. The Morgan fingerprint density at radius 1 is 0.867 bits per heavy atom. The summed E-state index contributed by atoms with van der Waals surface area (Å²) in [6.07, 6.45) is -5.47. The zero-order valence-electron chi connectivity index (χ0n) is 16.1. The van der Waals surface area contributed by atoms with Crippen LogP contribution in [0.5, 0.6) is 0 Å². The Labute approximate surface area is 174 Å². The molecule has 0 amide bonds. The molecule has 0 saturated carbocycles. The molecule has 30 heavy (non-hydrogen) atoms. The van der Waals surface area contributed by atoms with E-state index >= 15 is 0 Å². The average Bonchev–Trinajstić information content (AvgIpc) is 3.11. The Bertz CT molecular complexity index is 1120. The molecule has 0 atom stereocenters. The lowest BCUT2D eigenvalue weighted by Crippen LogP contribution is -2.11. The SMILES string of the molecule is C=Nc1ccc(N=Nc2ccc(N=Nc3nnc(CC(F)(F)F)s3)c(C)c2)c(C)c1. The van der Waals surface area contributed by atoms with Crippen LogP contribution in [0.25, 0.3) is 0 Å². The molecule has 1 heterocycles. The van der Waals surface area contributed by atoms with Crippen LogP contribution in [0.2, 0.25) is 0 Å². The van der Waals surface area contributed by atoms with Gasteiger partial charge in [-0.1, -0.05) is 11.3 Å². The molecule has 0 fully saturated rings. The van der Waals surface area contributed by atoms with Crippen molar-refractivity contribution >= 4 is 45.9 Å². The van der Waals surface area contributed by atoms with Gasteiger partial charge in [-0.05, 0) is 68.1 Å². The number of rotatable bonds is 6. The van der Waals surface area contributed by atoms with E-state index in [2.05, 4.69) is 42.4 Å². The molecule has 154 valence electrons. The van der Waals surface area contributed by atoms with Gasteiger partial charge in [-0.25, -0.2) is 0 Å². The van der Waals surface area contributed by atoms with Gasteiger partial charge in [0.2, 0.25) is 0 Å². The fourth-order valence-electron chi connectivity index (χ4n) is 2.40. The third kappa shape index (κ3) is 5.83. The van der Waals surface area contributed by atoms with Crippen molar-refractivity contribution in [3.8, 4) is 0 Å². The van der Waals surface area contributed by atoms with Crippen molar-refractivity contribution in [2.24, 2.45) is 25.4 Å². The summed E-state index contributed by atoms with van der Waals surface area (Å²) >= 11 is 0.751. The summed E-state index contributed by atoms with van der Waals surface area (Å²) in [7, 11) is 0. The zero-order valence-corrected chi connectivity index (χ0v) is 16.9. The van der Waals surface area contributed by atoms with E-state index in [-0.39, 0.29) is 10.1 Å². The minimum atomic E-state index is -4.34.